The minimum Gasteiger partial charge on any atom is -0.481 e. The molecule has 5 nitrogen and oxygen atoms in total. The van der Waals surface area contributed by atoms with Gasteiger partial charge in [0.2, 0.25) is 5.91 Å². The minimum absolute atomic E-state index is 0.102. The van der Waals surface area contributed by atoms with Gasteiger partial charge in [-0.15, -0.1) is 0 Å². The minimum atomic E-state index is -0.357. The monoisotopic (exact) mass is 342 g/mol. The third-order valence-electron chi connectivity index (χ3n) is 3.98. The van der Waals surface area contributed by atoms with Crippen LogP contribution in [0, 0.1) is 11.7 Å². The van der Waals surface area contributed by atoms with Gasteiger partial charge in [0.05, 0.1) is 12.2 Å². The van der Waals surface area contributed by atoms with E-state index < -0.39 is 0 Å². The average molecular weight is 342 g/mol. The summed E-state index contributed by atoms with van der Waals surface area (Å²) in [4.78, 5) is 25.5. The maximum Gasteiger partial charge on any atom is 0.265 e. The van der Waals surface area contributed by atoms with Crippen LogP contribution in [0.3, 0.4) is 0 Å². The highest BCUT2D eigenvalue weighted by Gasteiger charge is 2.26. The van der Waals surface area contributed by atoms with Gasteiger partial charge in [-0.3, -0.25) is 9.59 Å². The van der Waals surface area contributed by atoms with Crippen molar-refractivity contribution in [3.63, 3.8) is 0 Å². The summed E-state index contributed by atoms with van der Waals surface area (Å²) in [6.45, 7) is 3.61. The van der Waals surface area contributed by atoms with Crippen LogP contribution in [0.1, 0.15) is 19.4 Å². The third-order valence-corrected chi connectivity index (χ3v) is 3.98. The molecule has 0 fully saturated rings. The maximum atomic E-state index is 13.9. The molecule has 2 aromatic carbocycles. The van der Waals surface area contributed by atoms with Gasteiger partial charge in [-0.2, -0.15) is 0 Å². The van der Waals surface area contributed by atoms with Crippen LogP contribution in [0.15, 0.2) is 42.5 Å². The Morgan fingerprint density at radius 1 is 1.28 bits per heavy atom. The van der Waals surface area contributed by atoms with Crippen LogP contribution < -0.4 is 15.0 Å². The molecule has 1 N–H and O–H groups in total. The predicted molar refractivity (Wildman–Crippen MR) is 93.0 cm³/mol. The van der Waals surface area contributed by atoms with Crippen molar-refractivity contribution in [3.05, 3.63) is 53.8 Å². The highest BCUT2D eigenvalue weighted by molar-refractivity contribution is 5.99. The number of amides is 2. The van der Waals surface area contributed by atoms with Crippen LogP contribution in [0.5, 0.6) is 5.75 Å². The number of halogens is 1. The Morgan fingerprint density at radius 2 is 2.04 bits per heavy atom. The number of nitrogens with zero attached hydrogens (tertiary/aromatic N) is 1. The Hall–Kier alpha value is -2.89. The van der Waals surface area contributed by atoms with E-state index in [-0.39, 0.29) is 36.7 Å². The van der Waals surface area contributed by atoms with Crippen molar-refractivity contribution in [2.45, 2.75) is 20.4 Å². The average Bonchev–Trinajstić information content (AvgIpc) is 2.59. The Labute approximate surface area is 145 Å². The molecule has 0 saturated heterocycles. The fourth-order valence-corrected chi connectivity index (χ4v) is 2.54. The lowest BCUT2D eigenvalue weighted by Gasteiger charge is -2.30. The molecule has 0 aromatic heterocycles. The molecule has 0 unspecified atom stereocenters. The second kappa shape index (κ2) is 6.93. The second-order valence-corrected chi connectivity index (χ2v) is 6.19. The molecule has 1 aliphatic rings. The first-order valence-electron chi connectivity index (χ1n) is 8.07. The van der Waals surface area contributed by atoms with Gasteiger partial charge in [0.25, 0.3) is 5.91 Å². The number of benzene rings is 2. The third kappa shape index (κ3) is 3.63. The van der Waals surface area contributed by atoms with Crippen molar-refractivity contribution in [2.24, 2.45) is 5.92 Å². The molecule has 0 bridgehead atoms. The van der Waals surface area contributed by atoms with Gasteiger partial charge in [-0.25, -0.2) is 4.39 Å². The van der Waals surface area contributed by atoms with Crippen molar-refractivity contribution in [1.82, 2.24) is 0 Å². The van der Waals surface area contributed by atoms with E-state index in [0.717, 1.165) is 0 Å². The van der Waals surface area contributed by atoms with E-state index in [1.54, 1.807) is 50.2 Å². The lowest BCUT2D eigenvalue weighted by atomic mass is 10.1. The zero-order valence-electron chi connectivity index (χ0n) is 14.1. The van der Waals surface area contributed by atoms with Gasteiger partial charge in [-0.05, 0) is 18.2 Å². The van der Waals surface area contributed by atoms with Gasteiger partial charge in [0, 0.05) is 23.2 Å². The van der Waals surface area contributed by atoms with E-state index in [1.807, 2.05) is 0 Å². The Bertz CT molecular complexity index is 820. The molecule has 1 heterocycles. The molecule has 0 spiro atoms. The van der Waals surface area contributed by atoms with E-state index >= 15 is 0 Å². The van der Waals surface area contributed by atoms with Crippen LogP contribution in [-0.4, -0.2) is 18.4 Å². The molecule has 0 atom stereocenters. The molecule has 2 aromatic rings. The van der Waals surface area contributed by atoms with Gasteiger partial charge >= 0.3 is 0 Å². The van der Waals surface area contributed by atoms with E-state index in [4.69, 9.17) is 4.74 Å². The summed E-state index contributed by atoms with van der Waals surface area (Å²) in [5.74, 6) is -0.359. The molecule has 0 aliphatic carbocycles. The maximum absolute atomic E-state index is 13.9. The van der Waals surface area contributed by atoms with Gasteiger partial charge in [0.15, 0.2) is 6.61 Å². The first-order valence-corrected chi connectivity index (χ1v) is 8.07. The lowest BCUT2D eigenvalue weighted by Crippen LogP contribution is -2.38. The standard InChI is InChI=1S/C19H19FN2O3/c1-12(2)19(24)21-14-7-8-16-17(9-14)25-11-18(23)22(16)10-13-5-3-4-6-15(13)20/h3-9,12H,10-11H2,1-2H3,(H,21,24). The largest absolute Gasteiger partial charge is 0.481 e. The summed E-state index contributed by atoms with van der Waals surface area (Å²) >= 11 is 0. The Balaban J connectivity index is 1.87. The molecule has 25 heavy (non-hydrogen) atoms. The van der Waals surface area contributed by atoms with Crippen molar-refractivity contribution in [2.75, 3.05) is 16.8 Å². The number of nitrogens with one attached hydrogen (secondary N) is 1. The zero-order valence-corrected chi connectivity index (χ0v) is 14.1. The van der Waals surface area contributed by atoms with E-state index in [0.29, 0.717) is 22.7 Å². The van der Waals surface area contributed by atoms with Crippen molar-refractivity contribution < 1.29 is 18.7 Å². The first kappa shape index (κ1) is 17.0. The molecule has 0 saturated carbocycles. The summed E-state index contributed by atoms with van der Waals surface area (Å²) in [5, 5.41) is 2.79. The molecule has 130 valence electrons. The number of ether oxygens (including phenoxy) is 1. The Kier molecular flexibility index (Phi) is 4.70. The van der Waals surface area contributed by atoms with Crippen LogP contribution >= 0.6 is 0 Å². The lowest BCUT2D eigenvalue weighted by molar-refractivity contribution is -0.121. The van der Waals surface area contributed by atoms with Crippen LogP contribution in [0.2, 0.25) is 0 Å². The van der Waals surface area contributed by atoms with Gasteiger partial charge in [0.1, 0.15) is 11.6 Å². The van der Waals surface area contributed by atoms with E-state index in [2.05, 4.69) is 5.32 Å². The normalized spacial score (nSPS) is 13.4. The summed E-state index contributed by atoms with van der Waals surface area (Å²) in [7, 11) is 0. The Morgan fingerprint density at radius 3 is 2.76 bits per heavy atom. The summed E-state index contributed by atoms with van der Waals surface area (Å²) in [6, 6.07) is 11.4. The molecule has 0 radical (unpaired) electrons. The summed E-state index contributed by atoms with van der Waals surface area (Å²) in [6.07, 6.45) is 0. The second-order valence-electron chi connectivity index (χ2n) is 6.19. The fraction of sp³-hybridized carbons (Fsp3) is 0.263. The van der Waals surface area contributed by atoms with E-state index in [1.165, 1.54) is 11.0 Å². The van der Waals surface area contributed by atoms with Crippen molar-refractivity contribution in [1.29, 1.82) is 0 Å². The highest BCUT2D eigenvalue weighted by atomic mass is 19.1. The summed E-state index contributed by atoms with van der Waals surface area (Å²) in [5.41, 5.74) is 1.58. The predicted octanol–water partition coefficient (Wildman–Crippen LogP) is 3.35. The van der Waals surface area contributed by atoms with E-state index in [9.17, 15) is 14.0 Å². The molecule has 6 heteroatoms. The topological polar surface area (TPSA) is 58.6 Å². The molecule has 1 aliphatic heterocycles. The molecular weight excluding hydrogens is 323 g/mol. The number of carbonyl (C=O) groups is 2. The highest BCUT2D eigenvalue weighted by Crippen LogP contribution is 2.35. The van der Waals surface area contributed by atoms with Gasteiger partial charge in [-0.1, -0.05) is 32.0 Å². The molecule has 3 rings (SSSR count). The SMILES string of the molecule is CC(C)C(=O)Nc1ccc2c(c1)OCC(=O)N2Cc1ccccc1F. The molecule has 2 amide bonds. The van der Waals surface area contributed by atoms with Crippen LogP contribution in [0.4, 0.5) is 15.8 Å². The number of rotatable bonds is 4. The quantitative estimate of drug-likeness (QED) is 0.927. The first-order chi connectivity index (χ1) is 12.0. The smallest absolute Gasteiger partial charge is 0.265 e. The molecular formula is C19H19FN2O3. The number of carbonyl (C=O) groups excluding carboxylic acids is 2. The van der Waals surface area contributed by atoms with Crippen LogP contribution in [-0.2, 0) is 16.1 Å². The summed E-state index contributed by atoms with van der Waals surface area (Å²) < 4.78 is 19.4. The van der Waals surface area contributed by atoms with Crippen LogP contribution in [0.25, 0.3) is 0 Å². The number of hydrogen-bond donors (Lipinski definition) is 1. The van der Waals surface area contributed by atoms with Crippen molar-refractivity contribution >= 4 is 23.2 Å². The number of anilines is 2. The number of fused-ring (bicyclic) bond motifs is 1. The number of hydrogen-bond acceptors (Lipinski definition) is 3. The zero-order chi connectivity index (χ0) is 18.0. The fourth-order valence-electron chi connectivity index (χ4n) is 2.54. The van der Waals surface area contributed by atoms with Crippen molar-refractivity contribution in [3.8, 4) is 5.75 Å². The van der Waals surface area contributed by atoms with Gasteiger partial charge < -0.3 is 15.0 Å².